The summed E-state index contributed by atoms with van der Waals surface area (Å²) >= 11 is 1.41. The monoisotopic (exact) mass is 351 g/mol. The summed E-state index contributed by atoms with van der Waals surface area (Å²) in [5.41, 5.74) is 0.484. The molecular formula is C14H17N5O4S. The molecule has 128 valence electrons. The van der Waals surface area contributed by atoms with Crippen molar-refractivity contribution in [3.05, 3.63) is 16.2 Å². The van der Waals surface area contributed by atoms with E-state index in [0.29, 0.717) is 48.9 Å². The SMILES string of the molecule is O=[N+]([O-])c1cc2sc(N3CCOCC3)nc2nc1N1CCC(O)C1. The van der Waals surface area contributed by atoms with Crippen LogP contribution in [0.5, 0.6) is 0 Å². The van der Waals surface area contributed by atoms with Gasteiger partial charge in [-0.15, -0.1) is 0 Å². The smallest absolute Gasteiger partial charge is 0.313 e. The maximum Gasteiger partial charge on any atom is 0.313 e. The lowest BCUT2D eigenvalue weighted by Gasteiger charge is -2.25. The number of pyridine rings is 1. The lowest BCUT2D eigenvalue weighted by atomic mass is 10.3. The highest BCUT2D eigenvalue weighted by Crippen LogP contribution is 2.36. The maximum absolute atomic E-state index is 11.4. The third-order valence-corrected chi connectivity index (χ3v) is 5.33. The molecule has 0 saturated carbocycles. The zero-order valence-corrected chi connectivity index (χ0v) is 13.7. The molecule has 0 aliphatic carbocycles. The van der Waals surface area contributed by atoms with Gasteiger partial charge in [-0.1, -0.05) is 11.3 Å². The highest BCUT2D eigenvalue weighted by atomic mass is 32.1. The molecule has 10 heteroatoms. The molecular weight excluding hydrogens is 334 g/mol. The van der Waals surface area contributed by atoms with Crippen LogP contribution < -0.4 is 9.80 Å². The van der Waals surface area contributed by atoms with Crippen molar-refractivity contribution in [2.45, 2.75) is 12.5 Å². The fraction of sp³-hybridized carbons (Fsp3) is 0.571. The van der Waals surface area contributed by atoms with Gasteiger partial charge in [-0.2, -0.15) is 4.98 Å². The van der Waals surface area contributed by atoms with Gasteiger partial charge in [0.1, 0.15) is 0 Å². The lowest BCUT2D eigenvalue weighted by Crippen LogP contribution is -2.36. The number of aliphatic hydroxyl groups excluding tert-OH is 1. The zero-order valence-electron chi connectivity index (χ0n) is 12.9. The van der Waals surface area contributed by atoms with Crippen LogP contribution in [0.3, 0.4) is 0 Å². The second kappa shape index (κ2) is 6.11. The van der Waals surface area contributed by atoms with Gasteiger partial charge in [0.05, 0.1) is 28.9 Å². The summed E-state index contributed by atoms with van der Waals surface area (Å²) in [6.07, 6.45) is 0.119. The normalized spacial score (nSPS) is 21.6. The Morgan fingerprint density at radius 2 is 2.08 bits per heavy atom. The van der Waals surface area contributed by atoms with Crippen LogP contribution in [0, 0.1) is 10.1 Å². The number of fused-ring (bicyclic) bond motifs is 1. The molecule has 1 N–H and O–H groups in total. The minimum Gasteiger partial charge on any atom is -0.391 e. The van der Waals surface area contributed by atoms with Crippen LogP contribution in [-0.2, 0) is 4.74 Å². The molecule has 2 aliphatic heterocycles. The number of hydrogen-bond donors (Lipinski definition) is 1. The van der Waals surface area contributed by atoms with E-state index in [9.17, 15) is 15.2 Å². The molecule has 0 spiro atoms. The first-order valence-electron chi connectivity index (χ1n) is 7.83. The van der Waals surface area contributed by atoms with Gasteiger partial charge < -0.3 is 19.6 Å². The third kappa shape index (κ3) is 2.76. The van der Waals surface area contributed by atoms with Crippen molar-refractivity contribution >= 4 is 38.3 Å². The van der Waals surface area contributed by atoms with Crippen LogP contribution in [0.25, 0.3) is 10.3 Å². The molecule has 4 rings (SSSR count). The van der Waals surface area contributed by atoms with E-state index in [-0.39, 0.29) is 5.69 Å². The first-order chi connectivity index (χ1) is 11.6. The van der Waals surface area contributed by atoms with E-state index in [2.05, 4.69) is 14.9 Å². The van der Waals surface area contributed by atoms with Crippen molar-refractivity contribution < 1.29 is 14.8 Å². The van der Waals surface area contributed by atoms with Gasteiger partial charge >= 0.3 is 5.69 Å². The van der Waals surface area contributed by atoms with Gasteiger partial charge in [-0.05, 0) is 6.42 Å². The molecule has 4 heterocycles. The third-order valence-electron chi connectivity index (χ3n) is 4.27. The molecule has 2 fully saturated rings. The number of anilines is 2. The molecule has 1 unspecified atom stereocenters. The molecule has 2 aromatic rings. The van der Waals surface area contributed by atoms with Crippen LogP contribution in [0.2, 0.25) is 0 Å². The molecule has 2 aromatic heterocycles. The molecule has 0 amide bonds. The summed E-state index contributed by atoms with van der Waals surface area (Å²) in [5.74, 6) is 0.294. The Morgan fingerprint density at radius 1 is 1.29 bits per heavy atom. The number of morpholine rings is 1. The van der Waals surface area contributed by atoms with Crippen LogP contribution in [0.15, 0.2) is 6.07 Å². The highest BCUT2D eigenvalue weighted by Gasteiger charge is 2.29. The van der Waals surface area contributed by atoms with E-state index in [1.165, 1.54) is 11.3 Å². The van der Waals surface area contributed by atoms with Crippen molar-refractivity contribution in [1.29, 1.82) is 0 Å². The number of aliphatic hydroxyl groups is 1. The lowest BCUT2D eigenvalue weighted by molar-refractivity contribution is -0.384. The summed E-state index contributed by atoms with van der Waals surface area (Å²) < 4.78 is 6.04. The minimum atomic E-state index is -0.471. The number of β-amino-alcohol motifs (C(OH)–C–C–N with tert-alkyl or cyclic N) is 1. The summed E-state index contributed by atoms with van der Waals surface area (Å²) in [7, 11) is 0. The summed E-state index contributed by atoms with van der Waals surface area (Å²) in [4.78, 5) is 23.9. The van der Waals surface area contributed by atoms with Crippen molar-refractivity contribution in [3.8, 4) is 0 Å². The Balaban J connectivity index is 1.74. The Bertz CT molecular complexity index is 776. The largest absolute Gasteiger partial charge is 0.391 e. The topological polar surface area (TPSA) is 105 Å². The van der Waals surface area contributed by atoms with E-state index < -0.39 is 11.0 Å². The van der Waals surface area contributed by atoms with E-state index >= 15 is 0 Å². The second-order valence-corrected chi connectivity index (χ2v) is 6.90. The second-order valence-electron chi connectivity index (χ2n) is 5.89. The number of thiazole rings is 1. The molecule has 0 radical (unpaired) electrons. The number of aromatic nitrogens is 2. The highest BCUT2D eigenvalue weighted by molar-refractivity contribution is 7.22. The molecule has 0 bridgehead atoms. The average Bonchev–Trinajstić information content (AvgIpc) is 3.20. The minimum absolute atomic E-state index is 0.0335. The Labute approximate surface area is 141 Å². The average molecular weight is 351 g/mol. The first kappa shape index (κ1) is 15.5. The van der Waals surface area contributed by atoms with E-state index in [1.54, 1.807) is 11.0 Å². The predicted molar refractivity (Wildman–Crippen MR) is 89.9 cm³/mol. The zero-order chi connectivity index (χ0) is 16.7. The first-order valence-corrected chi connectivity index (χ1v) is 8.65. The van der Waals surface area contributed by atoms with Crippen LogP contribution in [0.4, 0.5) is 16.6 Å². The van der Waals surface area contributed by atoms with E-state index in [4.69, 9.17) is 4.74 Å². The van der Waals surface area contributed by atoms with E-state index in [1.807, 2.05) is 0 Å². The molecule has 2 aliphatic rings. The van der Waals surface area contributed by atoms with Gasteiger partial charge in [-0.3, -0.25) is 10.1 Å². The van der Waals surface area contributed by atoms with Crippen LogP contribution >= 0.6 is 11.3 Å². The van der Waals surface area contributed by atoms with Gasteiger partial charge in [0, 0.05) is 32.2 Å². The van der Waals surface area contributed by atoms with Crippen molar-refractivity contribution in [2.75, 3.05) is 49.2 Å². The quantitative estimate of drug-likeness (QED) is 0.645. The summed E-state index contributed by atoms with van der Waals surface area (Å²) in [6.45, 7) is 3.74. The van der Waals surface area contributed by atoms with Crippen molar-refractivity contribution in [3.63, 3.8) is 0 Å². The Morgan fingerprint density at radius 3 is 2.75 bits per heavy atom. The number of nitrogens with zero attached hydrogens (tertiary/aromatic N) is 5. The molecule has 9 nitrogen and oxygen atoms in total. The van der Waals surface area contributed by atoms with Crippen molar-refractivity contribution in [1.82, 2.24) is 9.97 Å². The Hall–Kier alpha value is -2.04. The molecule has 0 aromatic carbocycles. The number of ether oxygens (including phenoxy) is 1. The van der Waals surface area contributed by atoms with Crippen LogP contribution in [-0.4, -0.2) is 65.5 Å². The molecule has 1 atom stereocenters. The number of hydrogen-bond acceptors (Lipinski definition) is 9. The van der Waals surface area contributed by atoms with E-state index in [0.717, 1.165) is 18.2 Å². The standard InChI is InChI=1S/C14H17N5O4S/c20-9-1-2-18(8-9)13-10(19(21)22)7-11-12(15-13)16-14(24-11)17-3-5-23-6-4-17/h7,9,20H,1-6,8H2. The Kier molecular flexibility index (Phi) is 3.94. The maximum atomic E-state index is 11.4. The molecule has 24 heavy (non-hydrogen) atoms. The molecule has 2 saturated heterocycles. The predicted octanol–water partition coefficient (Wildman–Crippen LogP) is 1.01. The fourth-order valence-electron chi connectivity index (χ4n) is 3.02. The van der Waals surface area contributed by atoms with Crippen molar-refractivity contribution in [2.24, 2.45) is 0 Å². The number of nitro groups is 1. The van der Waals surface area contributed by atoms with Gasteiger partial charge in [0.25, 0.3) is 0 Å². The summed E-state index contributed by atoms with van der Waals surface area (Å²) in [6, 6.07) is 1.55. The van der Waals surface area contributed by atoms with Gasteiger partial charge in [-0.25, -0.2) is 4.98 Å². The fourth-order valence-corrected chi connectivity index (χ4v) is 4.02. The van der Waals surface area contributed by atoms with Gasteiger partial charge in [0.15, 0.2) is 10.8 Å². The van der Waals surface area contributed by atoms with Crippen LogP contribution in [0.1, 0.15) is 6.42 Å². The summed E-state index contributed by atoms with van der Waals surface area (Å²) in [5, 5.41) is 22.0. The number of rotatable bonds is 3. The van der Waals surface area contributed by atoms with Gasteiger partial charge in [0.2, 0.25) is 5.82 Å².